The molecule has 0 saturated carbocycles. The normalized spacial score (nSPS) is 12.4. The highest BCUT2D eigenvalue weighted by atomic mass is 32.1. The molecule has 0 spiro atoms. The third-order valence-corrected chi connectivity index (χ3v) is 20.2. The van der Waals surface area contributed by atoms with Gasteiger partial charge in [0.15, 0.2) is 11.6 Å². The van der Waals surface area contributed by atoms with Gasteiger partial charge in [0.1, 0.15) is 0 Å². The van der Waals surface area contributed by atoms with Crippen LogP contribution in [0.1, 0.15) is 0 Å². The van der Waals surface area contributed by atoms with Crippen molar-refractivity contribution in [2.24, 2.45) is 0 Å². The fraction of sp³-hybridized carbons (Fsp3) is 0. The molecule has 0 saturated heterocycles. The summed E-state index contributed by atoms with van der Waals surface area (Å²) in [5.74, 6) is 1.16. The van der Waals surface area contributed by atoms with Crippen molar-refractivity contribution in [3.05, 3.63) is 328 Å². The van der Waals surface area contributed by atoms with Crippen molar-refractivity contribution in [3.63, 3.8) is 0 Å². The van der Waals surface area contributed by atoms with Gasteiger partial charge >= 0.3 is 0 Å². The van der Waals surface area contributed by atoms with Crippen molar-refractivity contribution in [2.45, 2.75) is 0 Å². The molecule has 442 valence electrons. The fourth-order valence-corrected chi connectivity index (χ4v) is 16.0. The van der Waals surface area contributed by atoms with Crippen LogP contribution in [0.15, 0.2) is 328 Å². The van der Waals surface area contributed by atoms with Gasteiger partial charge in [0, 0.05) is 98.4 Å². The Labute approximate surface area is 553 Å². The maximum absolute atomic E-state index is 5.81. The summed E-state index contributed by atoms with van der Waals surface area (Å²) in [5, 5.41) is 4.91. The smallest absolute Gasteiger partial charge is 0.252 e. The van der Waals surface area contributed by atoms with Crippen molar-refractivity contribution in [2.75, 3.05) is 9.80 Å². The molecule has 0 radical (unpaired) electrons. The molecule has 6 heterocycles. The van der Waals surface area contributed by atoms with Gasteiger partial charge in [-0.05, 0) is 131 Å². The van der Waals surface area contributed by atoms with Crippen molar-refractivity contribution >= 4 is 111 Å². The molecule has 2 aliphatic heterocycles. The summed E-state index contributed by atoms with van der Waals surface area (Å²) in [5.41, 5.74) is 24.8. The average molecular weight is 1230 g/mol. The van der Waals surface area contributed by atoms with E-state index in [1.165, 1.54) is 58.7 Å². The van der Waals surface area contributed by atoms with Crippen LogP contribution in [0.2, 0.25) is 0 Å². The molecule has 0 bridgehead atoms. The number of nitrogens with zero attached hydrogens (tertiary/aromatic N) is 7. The van der Waals surface area contributed by atoms with Crippen molar-refractivity contribution in [3.8, 4) is 84.6 Å². The SMILES string of the molecule is c1ccc(-c2cc(-c3ccccc3)nc(-c3ccc(-n4c5ccccc5c5c6sc7ccccc7c6ccc54)c(-c4nc(-c5ccccc5)cc(-c5cccc(-c6cc7c8c(c6)N(c6ccccc6)c6ccccc6B8c6ccccc6N7c6ccccc6)c5)n4)c3)n2)cc1. The quantitative estimate of drug-likeness (QED) is 0.127. The zero-order valence-electron chi connectivity index (χ0n) is 51.3. The number of para-hydroxylation sites is 5. The Kier molecular flexibility index (Phi) is 12.7. The monoisotopic (exact) mass is 1230 g/mol. The van der Waals surface area contributed by atoms with Crippen molar-refractivity contribution in [1.82, 2.24) is 24.5 Å². The second-order valence-electron chi connectivity index (χ2n) is 24.4. The van der Waals surface area contributed by atoms with Crippen LogP contribution < -0.4 is 26.2 Å². The van der Waals surface area contributed by atoms with E-state index in [1.54, 1.807) is 0 Å². The van der Waals surface area contributed by atoms with Crippen LogP contribution in [0, 0.1) is 0 Å². The highest BCUT2D eigenvalue weighted by molar-refractivity contribution is 7.26. The molecule has 0 aliphatic carbocycles. The minimum absolute atomic E-state index is 0.00317. The molecule has 9 heteroatoms. The minimum Gasteiger partial charge on any atom is -0.311 e. The predicted octanol–water partition coefficient (Wildman–Crippen LogP) is 20.5. The number of thiophene rings is 1. The van der Waals surface area contributed by atoms with Gasteiger partial charge in [-0.2, -0.15) is 0 Å². The molecule has 4 aromatic heterocycles. The molecule has 0 fully saturated rings. The molecule has 7 nitrogen and oxygen atoms in total. The Morgan fingerprint density at radius 2 is 0.768 bits per heavy atom. The van der Waals surface area contributed by atoms with Crippen molar-refractivity contribution < 1.29 is 0 Å². The van der Waals surface area contributed by atoms with Crippen LogP contribution in [-0.2, 0) is 0 Å². The zero-order valence-corrected chi connectivity index (χ0v) is 52.1. The first kappa shape index (κ1) is 54.4. The first-order valence-electron chi connectivity index (χ1n) is 32.2. The van der Waals surface area contributed by atoms with Gasteiger partial charge in [-0.25, -0.2) is 19.9 Å². The molecule has 19 rings (SSSR count). The minimum atomic E-state index is -0.00317. The largest absolute Gasteiger partial charge is 0.311 e. The summed E-state index contributed by atoms with van der Waals surface area (Å²) in [4.78, 5) is 27.2. The standard InChI is InChI=1S/C86H54BN7S/c1-6-25-55(26-7-1)70-53-71(56-27-8-2-9-28-56)89-85(88-70)60-45-47-75(94-74-41-20-16-38-66(74)82-78(94)48-46-65-64-37-17-23-44-81(64)95-84(65)82)67(50-60)86-90-72(57-29-10-3-11-30-57)54-73(91-86)59-32-24-31-58(49-59)61-51-79-83-80(52-61)93(63-35-14-5-15-36-63)77-43-22-19-40-69(77)87(83)68-39-18-21-42-76(68)92(79)62-33-12-4-13-34-62/h1-54H. The number of fused-ring (bicyclic) bond motifs is 11. The van der Waals surface area contributed by atoms with E-state index in [1.807, 2.05) is 23.5 Å². The highest BCUT2D eigenvalue weighted by Gasteiger charge is 2.43. The Bertz CT molecular complexity index is 5710. The number of rotatable bonds is 10. The Hall–Kier alpha value is -12.3. The van der Waals surface area contributed by atoms with Gasteiger partial charge in [0.05, 0.1) is 39.5 Å². The number of aromatic nitrogens is 5. The molecular weight excluding hydrogens is 1170 g/mol. The van der Waals surface area contributed by atoms with Crippen LogP contribution in [0.5, 0.6) is 0 Å². The molecule has 2 aliphatic rings. The Morgan fingerprint density at radius 3 is 1.37 bits per heavy atom. The number of hydrogen-bond acceptors (Lipinski definition) is 7. The Balaban J connectivity index is 0.847. The van der Waals surface area contributed by atoms with Crippen LogP contribution in [0.4, 0.5) is 34.1 Å². The Morgan fingerprint density at radius 1 is 0.284 bits per heavy atom. The van der Waals surface area contributed by atoms with Gasteiger partial charge < -0.3 is 14.4 Å². The van der Waals surface area contributed by atoms with E-state index >= 15 is 0 Å². The van der Waals surface area contributed by atoms with E-state index in [0.717, 1.165) is 107 Å². The maximum atomic E-state index is 5.81. The third kappa shape index (κ3) is 9.03. The summed E-state index contributed by atoms with van der Waals surface area (Å²) < 4.78 is 4.95. The maximum Gasteiger partial charge on any atom is 0.252 e. The van der Waals surface area contributed by atoms with Crippen LogP contribution in [0.25, 0.3) is 127 Å². The lowest BCUT2D eigenvalue weighted by molar-refractivity contribution is 1.13. The lowest BCUT2D eigenvalue weighted by Crippen LogP contribution is -2.61. The molecule has 13 aromatic carbocycles. The molecule has 17 aromatic rings. The van der Waals surface area contributed by atoms with Crippen molar-refractivity contribution in [1.29, 1.82) is 0 Å². The lowest BCUT2D eigenvalue weighted by Gasteiger charge is -2.44. The van der Waals surface area contributed by atoms with Gasteiger partial charge in [-0.15, -0.1) is 11.3 Å². The van der Waals surface area contributed by atoms with Crippen LogP contribution in [-0.4, -0.2) is 31.2 Å². The van der Waals surface area contributed by atoms with E-state index in [0.29, 0.717) is 11.6 Å². The average Bonchev–Trinajstić information content (AvgIpc) is 0.998. The molecule has 95 heavy (non-hydrogen) atoms. The van der Waals surface area contributed by atoms with Crippen LogP contribution in [0.3, 0.4) is 0 Å². The van der Waals surface area contributed by atoms with Gasteiger partial charge in [0.25, 0.3) is 6.71 Å². The van der Waals surface area contributed by atoms with Crippen LogP contribution >= 0.6 is 11.3 Å². The van der Waals surface area contributed by atoms with Gasteiger partial charge in [0.2, 0.25) is 0 Å². The lowest BCUT2D eigenvalue weighted by atomic mass is 9.33. The number of hydrogen-bond donors (Lipinski definition) is 0. The van der Waals surface area contributed by atoms with E-state index in [-0.39, 0.29) is 6.71 Å². The van der Waals surface area contributed by atoms with E-state index in [9.17, 15) is 0 Å². The molecule has 0 amide bonds. The first-order chi connectivity index (χ1) is 47.1. The summed E-state index contributed by atoms with van der Waals surface area (Å²) in [6.45, 7) is -0.00317. The van der Waals surface area contributed by atoms with E-state index in [2.05, 4.69) is 330 Å². The molecular formula is C86H54BN7S. The predicted molar refractivity (Wildman–Crippen MR) is 397 cm³/mol. The van der Waals surface area contributed by atoms with E-state index < -0.39 is 0 Å². The second kappa shape index (κ2) is 22.2. The van der Waals surface area contributed by atoms with Gasteiger partial charge in [-0.1, -0.05) is 224 Å². The zero-order chi connectivity index (χ0) is 62.5. The second-order valence-corrected chi connectivity index (χ2v) is 25.5. The summed E-state index contributed by atoms with van der Waals surface area (Å²) in [6, 6.07) is 118. The third-order valence-electron chi connectivity index (χ3n) is 19.0. The number of benzene rings is 13. The van der Waals surface area contributed by atoms with Gasteiger partial charge in [-0.3, -0.25) is 0 Å². The topological polar surface area (TPSA) is 63.0 Å². The highest BCUT2D eigenvalue weighted by Crippen LogP contribution is 2.48. The summed E-state index contributed by atoms with van der Waals surface area (Å²) in [6.07, 6.45) is 0. The molecule has 0 N–H and O–H groups in total. The number of anilines is 6. The van der Waals surface area contributed by atoms with E-state index in [4.69, 9.17) is 19.9 Å². The molecule has 0 unspecified atom stereocenters. The summed E-state index contributed by atoms with van der Waals surface area (Å²) in [7, 11) is 0. The molecule has 0 atom stereocenters. The summed E-state index contributed by atoms with van der Waals surface area (Å²) >= 11 is 1.86. The fourth-order valence-electron chi connectivity index (χ4n) is 14.7. The first-order valence-corrected chi connectivity index (χ1v) is 33.0.